The third kappa shape index (κ3) is 5.86. The van der Waals surface area contributed by atoms with E-state index in [0.29, 0.717) is 33.2 Å². The van der Waals surface area contributed by atoms with E-state index in [9.17, 15) is 0 Å². The van der Waals surface area contributed by atoms with Crippen molar-refractivity contribution in [1.29, 1.82) is 0 Å². The first-order chi connectivity index (χ1) is 24.7. The molecule has 0 nitrogen and oxygen atoms in total. The van der Waals surface area contributed by atoms with Crippen LogP contribution in [-0.2, 0) is 0 Å². The summed E-state index contributed by atoms with van der Waals surface area (Å²) < 4.78 is 2.66. The summed E-state index contributed by atoms with van der Waals surface area (Å²) in [7, 11) is -4.04. The molecule has 5 aromatic carbocycles. The molecule has 0 N–H and O–H groups in total. The van der Waals surface area contributed by atoms with Crippen molar-refractivity contribution in [2.24, 2.45) is 0 Å². The highest BCUT2D eigenvalue weighted by molar-refractivity contribution is 7.17. The van der Waals surface area contributed by atoms with Gasteiger partial charge in [0.1, 0.15) is 16.1 Å². The fourth-order valence-electron chi connectivity index (χ4n) is 10.1. The second-order valence-electron chi connectivity index (χ2n) is 17.2. The van der Waals surface area contributed by atoms with Crippen LogP contribution in [0.15, 0.2) is 71.4 Å². The van der Waals surface area contributed by atoms with Crippen molar-refractivity contribution in [1.82, 2.24) is 0 Å². The summed E-state index contributed by atoms with van der Waals surface area (Å²) in [5, 5.41) is 17.1. The second kappa shape index (κ2) is 13.8. The molecule has 0 aliphatic carbocycles. The molecule has 7 aromatic rings. The van der Waals surface area contributed by atoms with Crippen LogP contribution in [0.2, 0.25) is 33.2 Å². The lowest BCUT2D eigenvalue weighted by atomic mass is 9.88. The highest BCUT2D eigenvalue weighted by Crippen LogP contribution is 2.44. The molecule has 2 heterocycles. The molecule has 0 amide bonds. The van der Waals surface area contributed by atoms with Crippen LogP contribution < -0.4 is 0 Å². The molecule has 52 heavy (non-hydrogen) atoms. The van der Waals surface area contributed by atoms with Crippen LogP contribution in [0.3, 0.4) is 0 Å². The maximum atomic E-state index is 4.16. The summed E-state index contributed by atoms with van der Waals surface area (Å²) in [6.07, 6.45) is 0. The molecule has 0 atom stereocenters. The average molecular weight is 751 g/mol. The van der Waals surface area contributed by atoms with E-state index in [0.717, 1.165) is 0 Å². The van der Waals surface area contributed by atoms with Gasteiger partial charge >= 0.3 is 0 Å². The normalized spacial score (nSPS) is 13.0. The molecule has 0 unspecified atom stereocenters. The third-order valence-corrected chi connectivity index (χ3v) is 27.1. The lowest BCUT2D eigenvalue weighted by Crippen LogP contribution is -2.43. The Morgan fingerprint density at radius 3 is 0.962 bits per heavy atom. The predicted molar refractivity (Wildman–Crippen MR) is 243 cm³/mol. The molecular weight excluding hydrogens is 697 g/mol. The first-order valence-electron chi connectivity index (χ1n) is 19.4. The Bertz CT molecular complexity index is 2270. The largest absolute Gasteiger partial charge is 0.146 e. The molecule has 4 heteroatoms. The van der Waals surface area contributed by atoms with Gasteiger partial charge in [0.05, 0.1) is 0 Å². The van der Waals surface area contributed by atoms with Crippen molar-refractivity contribution < 1.29 is 0 Å². The lowest BCUT2D eigenvalue weighted by molar-refractivity contribution is 0.838. The first-order valence-corrected chi connectivity index (χ1v) is 25.6. The van der Waals surface area contributed by atoms with Crippen LogP contribution in [0.1, 0.15) is 94.2 Å². The zero-order chi connectivity index (χ0) is 37.3. The molecule has 0 fully saturated rings. The van der Waals surface area contributed by atoms with Gasteiger partial charge in [-0.3, -0.25) is 0 Å². The average Bonchev–Trinajstić information content (AvgIpc) is 3.73. The van der Waals surface area contributed by atoms with E-state index in [1.54, 1.807) is 0 Å². The van der Waals surface area contributed by atoms with Gasteiger partial charge < -0.3 is 0 Å². The Morgan fingerprint density at radius 2 is 0.673 bits per heavy atom. The predicted octanol–water partition coefficient (Wildman–Crippen LogP) is 15.9. The van der Waals surface area contributed by atoms with Crippen molar-refractivity contribution in [3.8, 4) is 22.9 Å². The highest BCUT2D eigenvalue weighted by atomic mass is 32.1. The number of hydrogen-bond donors (Lipinski definition) is 0. The van der Waals surface area contributed by atoms with Crippen LogP contribution in [0.4, 0.5) is 0 Å². The minimum Gasteiger partial charge on any atom is -0.144 e. The highest BCUT2D eigenvalue weighted by Gasteiger charge is 2.43. The van der Waals surface area contributed by atoms with Crippen molar-refractivity contribution in [3.05, 3.63) is 82.6 Å². The number of thiophene rings is 2. The summed E-state index contributed by atoms with van der Waals surface area (Å²) in [5.41, 5.74) is 14.0. The van der Waals surface area contributed by atoms with Gasteiger partial charge in [-0.2, -0.15) is 0 Å². The summed E-state index contributed by atoms with van der Waals surface area (Å²) >= 11 is 3.65. The minimum absolute atomic E-state index is 0.560. The maximum Gasteiger partial charge on any atom is 0.146 e. The molecular formula is C48H54S2Si2. The third-order valence-electron chi connectivity index (χ3n) is 12.7. The quantitative estimate of drug-likeness (QED) is 0.0902. The van der Waals surface area contributed by atoms with Crippen molar-refractivity contribution >= 4 is 102 Å². The Hall–Kier alpha value is -3.39. The van der Waals surface area contributed by atoms with E-state index in [1.807, 2.05) is 22.7 Å². The van der Waals surface area contributed by atoms with E-state index in [4.69, 9.17) is 0 Å². The van der Waals surface area contributed by atoms with E-state index >= 15 is 0 Å². The molecule has 0 saturated heterocycles. The van der Waals surface area contributed by atoms with E-state index in [1.165, 1.54) is 74.4 Å². The van der Waals surface area contributed by atoms with E-state index < -0.39 is 16.1 Å². The van der Waals surface area contributed by atoms with Gasteiger partial charge in [-0.25, -0.2) is 0 Å². The van der Waals surface area contributed by atoms with Gasteiger partial charge in [-0.15, -0.1) is 33.8 Å². The Balaban J connectivity index is 1.71. The molecule has 0 saturated carbocycles. The minimum atomic E-state index is -2.02. The summed E-state index contributed by atoms with van der Waals surface area (Å²) in [6, 6.07) is 23.8. The van der Waals surface area contributed by atoms with Crippen LogP contribution >= 0.6 is 22.7 Å². The molecule has 0 aliphatic heterocycles. The number of benzene rings is 5. The van der Waals surface area contributed by atoms with E-state index in [-0.39, 0.29) is 0 Å². The lowest BCUT2D eigenvalue weighted by Gasteiger charge is -2.38. The summed E-state index contributed by atoms with van der Waals surface area (Å²) in [6.45, 7) is 29.0. The monoisotopic (exact) mass is 750 g/mol. The fourth-order valence-corrected chi connectivity index (χ4v) is 22.2. The van der Waals surface area contributed by atoms with Crippen LogP contribution in [0.25, 0.3) is 63.3 Å². The SMILES string of the molecule is CC(C)[Si](C#Cc1c2cc3cc4ccsc4cc3cc2c(C#C[Si](C(C)C)(C(C)C)C(C)C)c2cc3cc4sccc4cc3cc12)(C(C)C)C(C)C. The van der Waals surface area contributed by atoms with Gasteiger partial charge in [0, 0.05) is 20.5 Å². The number of hydrogen-bond acceptors (Lipinski definition) is 2. The number of rotatable bonds is 6. The second-order valence-corrected chi connectivity index (χ2v) is 30.2. The van der Waals surface area contributed by atoms with Gasteiger partial charge in [-0.05, 0) is 159 Å². The molecule has 0 bridgehead atoms. The van der Waals surface area contributed by atoms with E-state index in [2.05, 4.69) is 177 Å². The number of fused-ring (bicyclic) bond motifs is 6. The fraction of sp³-hybridized carbons (Fsp3) is 0.375. The maximum absolute atomic E-state index is 4.16. The Kier molecular flexibility index (Phi) is 9.80. The van der Waals surface area contributed by atoms with Crippen LogP contribution in [-0.4, -0.2) is 16.1 Å². The molecule has 2 aromatic heterocycles. The molecule has 0 aliphatic rings. The molecule has 0 spiro atoms. The van der Waals surface area contributed by atoms with Gasteiger partial charge in [0.25, 0.3) is 0 Å². The zero-order valence-electron chi connectivity index (χ0n) is 33.2. The van der Waals surface area contributed by atoms with Gasteiger partial charge in [-0.1, -0.05) is 94.9 Å². The van der Waals surface area contributed by atoms with Crippen molar-refractivity contribution in [2.75, 3.05) is 0 Å². The Morgan fingerprint density at radius 1 is 0.385 bits per heavy atom. The molecule has 7 rings (SSSR count). The molecule has 0 radical (unpaired) electrons. The topological polar surface area (TPSA) is 0 Å². The molecule has 266 valence electrons. The van der Waals surface area contributed by atoms with Crippen molar-refractivity contribution in [2.45, 2.75) is 116 Å². The van der Waals surface area contributed by atoms with Gasteiger partial charge in [0.2, 0.25) is 0 Å². The summed E-state index contributed by atoms with van der Waals surface area (Å²) in [4.78, 5) is 0. The van der Waals surface area contributed by atoms with Crippen LogP contribution in [0.5, 0.6) is 0 Å². The zero-order valence-corrected chi connectivity index (χ0v) is 36.8. The van der Waals surface area contributed by atoms with Crippen molar-refractivity contribution in [3.63, 3.8) is 0 Å². The first kappa shape index (κ1) is 37.0. The smallest absolute Gasteiger partial charge is 0.144 e. The van der Waals surface area contributed by atoms with Crippen LogP contribution in [0, 0.1) is 22.9 Å². The standard InChI is InChI=1S/C48H54S2Si2/c1-29(2)51(30(3)4,31(5)6)19-15-41-43-23-37-21-35-13-17-49-47(35)27-39(37)25-45(43)42(16-20-52(32(7)8,33(9)10)34(11)12)46-26-40-28-48-36(14-18-50-48)22-38(40)24-44(41)46/h13-14,17-18,21-34H,1-12H3. The Labute approximate surface area is 322 Å². The van der Waals surface area contributed by atoms with Gasteiger partial charge in [0.15, 0.2) is 0 Å². The summed E-state index contributed by atoms with van der Waals surface area (Å²) in [5.74, 6) is 8.08.